The van der Waals surface area contributed by atoms with Crippen LogP contribution in [-0.2, 0) is 17.6 Å². The van der Waals surface area contributed by atoms with Gasteiger partial charge in [-0.3, -0.25) is 20.0 Å². The zero-order valence-electron chi connectivity index (χ0n) is 13.8. The number of nitro benzene ring substituents is 1. The smallest absolute Gasteiger partial charge is 0.307 e. The number of carboxylic acids is 1. The predicted molar refractivity (Wildman–Crippen MR) is 95.7 cm³/mol. The second kappa shape index (κ2) is 7.60. The third-order valence-electron chi connectivity index (χ3n) is 4.15. The predicted octanol–water partition coefficient (Wildman–Crippen LogP) is 3.47. The number of nitrogens with one attached hydrogen (secondary N) is 1. The number of hydrogen-bond donors (Lipinski definition) is 2. The molecular weight excluding hydrogens is 334 g/mol. The summed E-state index contributed by atoms with van der Waals surface area (Å²) in [6, 6.07) is 17.4. The van der Waals surface area contributed by atoms with Crippen molar-refractivity contribution in [1.82, 2.24) is 10.2 Å². The standard InChI is InChI=1S/C19H17N3O4/c23-19(24)15(10-13-6-8-17(9-7-13)22(25)26)11-16-12-18(21-20-16)14-4-2-1-3-5-14/h1-9,12,15H,10-11H2,(H,20,21)(H,23,24). The lowest BCUT2D eigenvalue weighted by molar-refractivity contribution is -0.384. The van der Waals surface area contributed by atoms with Gasteiger partial charge in [0.15, 0.2) is 0 Å². The van der Waals surface area contributed by atoms with E-state index in [9.17, 15) is 20.0 Å². The number of nitrogens with zero attached hydrogens (tertiary/aromatic N) is 2. The van der Waals surface area contributed by atoms with E-state index < -0.39 is 16.8 Å². The van der Waals surface area contributed by atoms with E-state index in [2.05, 4.69) is 10.2 Å². The van der Waals surface area contributed by atoms with E-state index in [0.717, 1.165) is 22.5 Å². The number of aromatic amines is 1. The summed E-state index contributed by atoms with van der Waals surface area (Å²) >= 11 is 0. The summed E-state index contributed by atoms with van der Waals surface area (Å²) in [4.78, 5) is 21.8. The average molecular weight is 351 g/mol. The van der Waals surface area contributed by atoms with E-state index in [-0.39, 0.29) is 12.1 Å². The minimum absolute atomic E-state index is 0.0123. The zero-order chi connectivity index (χ0) is 18.5. The van der Waals surface area contributed by atoms with E-state index in [0.29, 0.717) is 6.42 Å². The molecule has 0 aliphatic rings. The van der Waals surface area contributed by atoms with E-state index in [1.807, 2.05) is 36.4 Å². The first kappa shape index (κ1) is 17.3. The molecule has 0 spiro atoms. The van der Waals surface area contributed by atoms with Gasteiger partial charge in [-0.15, -0.1) is 0 Å². The van der Waals surface area contributed by atoms with E-state index in [1.54, 1.807) is 12.1 Å². The summed E-state index contributed by atoms with van der Waals surface area (Å²) in [5.41, 5.74) is 3.18. The van der Waals surface area contributed by atoms with Crippen molar-refractivity contribution < 1.29 is 14.8 Å². The Morgan fingerprint density at radius 2 is 1.81 bits per heavy atom. The maximum atomic E-state index is 11.6. The topological polar surface area (TPSA) is 109 Å². The van der Waals surface area contributed by atoms with Crippen LogP contribution in [-0.4, -0.2) is 26.2 Å². The van der Waals surface area contributed by atoms with Gasteiger partial charge in [-0.1, -0.05) is 42.5 Å². The molecular formula is C19H17N3O4. The van der Waals surface area contributed by atoms with Crippen LogP contribution in [0.3, 0.4) is 0 Å². The van der Waals surface area contributed by atoms with Crippen molar-refractivity contribution >= 4 is 11.7 Å². The molecule has 0 amide bonds. The summed E-state index contributed by atoms with van der Waals surface area (Å²) in [6.45, 7) is 0. The van der Waals surface area contributed by atoms with Crippen molar-refractivity contribution in [2.45, 2.75) is 12.8 Å². The monoisotopic (exact) mass is 351 g/mol. The number of aromatic nitrogens is 2. The fourth-order valence-electron chi connectivity index (χ4n) is 2.77. The Labute approximate surface area is 149 Å². The minimum Gasteiger partial charge on any atom is -0.481 e. The zero-order valence-corrected chi connectivity index (χ0v) is 13.8. The molecule has 0 radical (unpaired) electrons. The molecule has 0 fully saturated rings. The van der Waals surface area contributed by atoms with Crippen LogP contribution >= 0.6 is 0 Å². The molecule has 132 valence electrons. The lowest BCUT2D eigenvalue weighted by Crippen LogP contribution is -2.19. The maximum absolute atomic E-state index is 11.6. The van der Waals surface area contributed by atoms with Gasteiger partial charge in [-0.25, -0.2) is 0 Å². The first-order chi connectivity index (χ1) is 12.5. The number of carboxylic acid groups (broad SMARTS) is 1. The molecule has 2 aromatic carbocycles. The Kier molecular flexibility index (Phi) is 5.07. The van der Waals surface area contributed by atoms with E-state index in [1.165, 1.54) is 12.1 Å². The van der Waals surface area contributed by atoms with Crippen LogP contribution in [0, 0.1) is 16.0 Å². The SMILES string of the molecule is O=C(O)C(Cc1ccc([N+](=O)[O-])cc1)Cc1cc(-c2ccccc2)n[nH]1. The van der Waals surface area contributed by atoms with Crippen molar-refractivity contribution in [2.24, 2.45) is 5.92 Å². The molecule has 0 aliphatic carbocycles. The first-order valence-corrected chi connectivity index (χ1v) is 8.09. The Bertz CT molecular complexity index is 904. The second-order valence-corrected chi connectivity index (χ2v) is 6.01. The van der Waals surface area contributed by atoms with Crippen LogP contribution < -0.4 is 0 Å². The molecule has 1 unspecified atom stereocenters. The van der Waals surface area contributed by atoms with Crippen molar-refractivity contribution in [3.63, 3.8) is 0 Å². The van der Waals surface area contributed by atoms with Crippen molar-refractivity contribution in [3.8, 4) is 11.3 Å². The summed E-state index contributed by atoms with van der Waals surface area (Å²) in [7, 11) is 0. The number of non-ortho nitro benzene ring substituents is 1. The fourth-order valence-corrected chi connectivity index (χ4v) is 2.77. The van der Waals surface area contributed by atoms with Gasteiger partial charge in [0.05, 0.1) is 16.5 Å². The third kappa shape index (κ3) is 4.13. The molecule has 0 saturated heterocycles. The van der Waals surface area contributed by atoms with Crippen LogP contribution in [0.1, 0.15) is 11.3 Å². The number of rotatable bonds is 7. The molecule has 3 rings (SSSR count). The number of benzene rings is 2. The van der Waals surface area contributed by atoms with Gasteiger partial charge >= 0.3 is 5.97 Å². The number of hydrogen-bond acceptors (Lipinski definition) is 4. The third-order valence-corrected chi connectivity index (χ3v) is 4.15. The highest BCUT2D eigenvalue weighted by molar-refractivity contribution is 5.71. The molecule has 2 N–H and O–H groups in total. The van der Waals surface area contributed by atoms with Gasteiger partial charge in [0.25, 0.3) is 5.69 Å². The summed E-state index contributed by atoms with van der Waals surface area (Å²) in [5, 5.41) is 27.4. The van der Waals surface area contributed by atoms with Crippen LogP contribution in [0.15, 0.2) is 60.7 Å². The summed E-state index contributed by atoms with van der Waals surface area (Å²) < 4.78 is 0. The molecule has 26 heavy (non-hydrogen) atoms. The van der Waals surface area contributed by atoms with Gasteiger partial charge in [0.1, 0.15) is 0 Å². The highest BCUT2D eigenvalue weighted by Crippen LogP contribution is 2.21. The molecule has 3 aromatic rings. The second-order valence-electron chi connectivity index (χ2n) is 6.01. The number of carbonyl (C=O) groups is 1. The van der Waals surface area contributed by atoms with Gasteiger partial charge in [0, 0.05) is 29.8 Å². The minimum atomic E-state index is -0.917. The maximum Gasteiger partial charge on any atom is 0.307 e. The van der Waals surface area contributed by atoms with Gasteiger partial charge in [-0.05, 0) is 18.1 Å². The molecule has 7 heteroatoms. The first-order valence-electron chi connectivity index (χ1n) is 8.09. The van der Waals surface area contributed by atoms with Crippen molar-refractivity contribution in [1.29, 1.82) is 0 Å². The Morgan fingerprint density at radius 3 is 2.42 bits per heavy atom. The quantitative estimate of drug-likeness (QED) is 0.500. The van der Waals surface area contributed by atoms with Crippen molar-refractivity contribution in [3.05, 3.63) is 82.0 Å². The highest BCUT2D eigenvalue weighted by Gasteiger charge is 2.20. The lowest BCUT2D eigenvalue weighted by atomic mass is 9.94. The molecule has 0 aliphatic heterocycles. The van der Waals surface area contributed by atoms with Gasteiger partial charge < -0.3 is 5.11 Å². The molecule has 7 nitrogen and oxygen atoms in total. The number of aliphatic carboxylic acids is 1. The van der Waals surface area contributed by atoms with Gasteiger partial charge in [-0.2, -0.15) is 5.10 Å². The molecule has 1 aromatic heterocycles. The average Bonchev–Trinajstić information content (AvgIpc) is 3.11. The molecule has 0 saturated carbocycles. The summed E-state index contributed by atoms with van der Waals surface area (Å²) in [6.07, 6.45) is 0.583. The molecule has 0 bridgehead atoms. The van der Waals surface area contributed by atoms with Crippen molar-refractivity contribution in [2.75, 3.05) is 0 Å². The number of nitro groups is 1. The number of H-pyrrole nitrogens is 1. The summed E-state index contributed by atoms with van der Waals surface area (Å²) in [5.74, 6) is -1.57. The molecule has 1 heterocycles. The van der Waals surface area contributed by atoms with Crippen LogP contribution in [0.25, 0.3) is 11.3 Å². The Hall–Kier alpha value is -3.48. The Morgan fingerprint density at radius 1 is 1.12 bits per heavy atom. The van der Waals surface area contributed by atoms with Crippen LogP contribution in [0.5, 0.6) is 0 Å². The Balaban J connectivity index is 1.72. The normalized spacial score (nSPS) is 11.8. The van der Waals surface area contributed by atoms with Gasteiger partial charge in [0.2, 0.25) is 0 Å². The lowest BCUT2D eigenvalue weighted by Gasteiger charge is -2.11. The van der Waals surface area contributed by atoms with Crippen LogP contribution in [0.4, 0.5) is 5.69 Å². The van der Waals surface area contributed by atoms with E-state index in [4.69, 9.17) is 0 Å². The van der Waals surface area contributed by atoms with E-state index >= 15 is 0 Å². The van der Waals surface area contributed by atoms with Crippen LogP contribution in [0.2, 0.25) is 0 Å². The largest absolute Gasteiger partial charge is 0.481 e. The fraction of sp³-hybridized carbons (Fsp3) is 0.158. The molecule has 1 atom stereocenters. The highest BCUT2D eigenvalue weighted by atomic mass is 16.6.